The van der Waals surface area contributed by atoms with Crippen molar-refractivity contribution in [2.45, 2.75) is 63.8 Å². The van der Waals surface area contributed by atoms with E-state index in [9.17, 15) is 24.3 Å². The van der Waals surface area contributed by atoms with E-state index in [-0.39, 0.29) is 25.4 Å². The van der Waals surface area contributed by atoms with Gasteiger partial charge in [0.1, 0.15) is 6.61 Å². The van der Waals surface area contributed by atoms with Crippen molar-refractivity contribution in [1.29, 1.82) is 0 Å². The molecule has 11 nitrogen and oxygen atoms in total. The number of hydrogen-bond acceptors (Lipinski definition) is 8. The highest BCUT2D eigenvalue weighted by Crippen LogP contribution is 2.30. The van der Waals surface area contributed by atoms with E-state index in [2.05, 4.69) is 15.3 Å². The number of carbonyl (C=O) groups is 4. The third-order valence-corrected chi connectivity index (χ3v) is 6.10. The Bertz CT molecular complexity index is 1050. The predicted molar refractivity (Wildman–Crippen MR) is 129 cm³/mol. The number of carboxylic acid groups (broad SMARTS) is 1. The number of benzene rings is 1. The molecule has 0 saturated carbocycles. The molecule has 0 radical (unpaired) electrons. The molecule has 36 heavy (non-hydrogen) atoms. The van der Waals surface area contributed by atoms with Crippen LogP contribution < -0.4 is 11.1 Å². The third-order valence-electron chi connectivity index (χ3n) is 6.10. The number of nitrogens with zero attached hydrogens (tertiary/aromatic N) is 2. The largest absolute Gasteiger partial charge is 0.479 e. The van der Waals surface area contributed by atoms with Gasteiger partial charge in [-0.15, -0.1) is 0 Å². The second kappa shape index (κ2) is 11.9. The lowest BCUT2D eigenvalue weighted by Crippen LogP contribution is -2.69. The number of hydrogen-bond donors (Lipinski definition) is 4. The van der Waals surface area contributed by atoms with Gasteiger partial charge in [-0.3, -0.25) is 14.5 Å². The summed E-state index contributed by atoms with van der Waals surface area (Å²) >= 11 is 0. The minimum absolute atomic E-state index is 0.0306. The average molecular weight is 500 g/mol. The number of esters is 1. The Labute approximate surface area is 209 Å². The van der Waals surface area contributed by atoms with Gasteiger partial charge in [-0.25, -0.2) is 14.6 Å². The topological polar surface area (TPSA) is 168 Å². The summed E-state index contributed by atoms with van der Waals surface area (Å²) in [7, 11) is 0. The van der Waals surface area contributed by atoms with Crippen molar-refractivity contribution in [1.82, 2.24) is 20.2 Å². The van der Waals surface area contributed by atoms with E-state index in [1.807, 2.05) is 0 Å². The molecule has 0 aliphatic carbocycles. The van der Waals surface area contributed by atoms with Crippen molar-refractivity contribution in [3.8, 4) is 0 Å². The molecular formula is C25H33N5O6. The van der Waals surface area contributed by atoms with Crippen LogP contribution in [0.4, 0.5) is 0 Å². The third kappa shape index (κ3) is 5.97. The van der Waals surface area contributed by atoms with Gasteiger partial charge in [0.05, 0.1) is 18.4 Å². The molecule has 2 heterocycles. The Kier molecular flexibility index (Phi) is 8.94. The number of amides is 2. The summed E-state index contributed by atoms with van der Waals surface area (Å²) in [6.07, 6.45) is 3.59. The van der Waals surface area contributed by atoms with Crippen LogP contribution >= 0.6 is 0 Å². The van der Waals surface area contributed by atoms with Gasteiger partial charge in [-0.2, -0.15) is 0 Å². The summed E-state index contributed by atoms with van der Waals surface area (Å²) in [4.78, 5) is 61.2. The first-order valence-corrected chi connectivity index (χ1v) is 12.0. The van der Waals surface area contributed by atoms with Gasteiger partial charge in [-0.1, -0.05) is 44.2 Å². The SMILES string of the molecule is CC(C)CC(C(=O)O)(C(=O)OCc1ccccc1)N(C(=O)C(N)Cc1cnc[nH]1)C(=O)C1CCCN1. The van der Waals surface area contributed by atoms with Crippen LogP contribution in [0.3, 0.4) is 0 Å². The fourth-order valence-corrected chi connectivity index (χ4v) is 4.39. The number of ether oxygens (including phenoxy) is 1. The number of nitrogens with one attached hydrogen (secondary N) is 2. The second-order valence-electron chi connectivity index (χ2n) is 9.37. The fraction of sp³-hybridized carbons (Fsp3) is 0.480. The molecule has 1 aliphatic heterocycles. The van der Waals surface area contributed by atoms with Crippen molar-refractivity contribution in [3.05, 3.63) is 54.1 Å². The number of H-pyrrole nitrogens is 1. The fourth-order valence-electron chi connectivity index (χ4n) is 4.39. The minimum atomic E-state index is -2.59. The molecule has 194 valence electrons. The Balaban J connectivity index is 2.03. The summed E-state index contributed by atoms with van der Waals surface area (Å²) in [5.41, 5.74) is 4.75. The molecule has 1 aromatic carbocycles. The zero-order valence-corrected chi connectivity index (χ0v) is 20.5. The zero-order valence-electron chi connectivity index (χ0n) is 20.5. The van der Waals surface area contributed by atoms with Crippen LogP contribution in [0.1, 0.15) is 44.4 Å². The van der Waals surface area contributed by atoms with Gasteiger partial charge in [0.15, 0.2) is 0 Å². The van der Waals surface area contributed by atoms with Gasteiger partial charge < -0.3 is 25.9 Å². The van der Waals surface area contributed by atoms with Crippen LogP contribution in [0, 0.1) is 5.92 Å². The van der Waals surface area contributed by atoms with Gasteiger partial charge in [0.25, 0.3) is 0 Å². The van der Waals surface area contributed by atoms with E-state index in [4.69, 9.17) is 10.5 Å². The second-order valence-corrected chi connectivity index (χ2v) is 9.37. The monoisotopic (exact) mass is 499 g/mol. The lowest BCUT2D eigenvalue weighted by molar-refractivity contribution is -0.183. The Hall–Kier alpha value is -3.57. The number of aromatic amines is 1. The van der Waals surface area contributed by atoms with Gasteiger partial charge in [-0.05, 0) is 37.3 Å². The number of nitrogens with two attached hydrogens (primary N) is 1. The molecule has 2 amide bonds. The van der Waals surface area contributed by atoms with Gasteiger partial charge in [0.2, 0.25) is 17.4 Å². The smallest absolute Gasteiger partial charge is 0.344 e. The molecule has 1 aliphatic rings. The number of aliphatic carboxylic acids is 1. The van der Waals surface area contributed by atoms with Crippen molar-refractivity contribution in [3.63, 3.8) is 0 Å². The molecule has 0 bridgehead atoms. The number of imide groups is 1. The van der Waals surface area contributed by atoms with E-state index in [0.717, 1.165) is 0 Å². The molecule has 3 rings (SSSR count). The number of aromatic nitrogens is 2. The first kappa shape index (κ1) is 27.0. The zero-order chi connectivity index (χ0) is 26.3. The Morgan fingerprint density at radius 2 is 1.97 bits per heavy atom. The van der Waals surface area contributed by atoms with E-state index >= 15 is 0 Å². The van der Waals surface area contributed by atoms with E-state index in [1.54, 1.807) is 44.2 Å². The summed E-state index contributed by atoms with van der Waals surface area (Å²) < 4.78 is 5.44. The van der Waals surface area contributed by atoms with Crippen LogP contribution in [-0.4, -0.2) is 67.9 Å². The van der Waals surface area contributed by atoms with Crippen LogP contribution in [-0.2, 0) is 36.9 Å². The molecule has 5 N–H and O–H groups in total. The van der Waals surface area contributed by atoms with Crippen molar-refractivity contribution < 1.29 is 29.0 Å². The molecule has 1 fully saturated rings. The maximum absolute atomic E-state index is 13.7. The van der Waals surface area contributed by atoms with Crippen LogP contribution in [0.5, 0.6) is 0 Å². The molecule has 11 heteroatoms. The minimum Gasteiger partial charge on any atom is -0.479 e. The summed E-state index contributed by atoms with van der Waals surface area (Å²) in [5.74, 6) is -5.00. The molecule has 1 saturated heterocycles. The average Bonchev–Trinajstić information content (AvgIpc) is 3.56. The summed E-state index contributed by atoms with van der Waals surface area (Å²) in [6, 6.07) is 6.61. The number of rotatable bonds is 11. The first-order valence-electron chi connectivity index (χ1n) is 12.0. The quantitative estimate of drug-likeness (QED) is 0.260. The molecule has 2 aromatic rings. The number of imidazole rings is 1. The maximum Gasteiger partial charge on any atom is 0.344 e. The first-order chi connectivity index (χ1) is 17.2. The number of carboxylic acids is 1. The lowest BCUT2D eigenvalue weighted by Gasteiger charge is -2.40. The van der Waals surface area contributed by atoms with Crippen molar-refractivity contribution in [2.75, 3.05) is 6.54 Å². The van der Waals surface area contributed by atoms with Crippen molar-refractivity contribution >= 4 is 23.8 Å². The van der Waals surface area contributed by atoms with Gasteiger partial charge >= 0.3 is 11.9 Å². The van der Waals surface area contributed by atoms with E-state index in [0.29, 0.717) is 35.5 Å². The molecule has 1 aromatic heterocycles. The maximum atomic E-state index is 13.7. The van der Waals surface area contributed by atoms with Gasteiger partial charge in [0, 0.05) is 18.3 Å². The van der Waals surface area contributed by atoms with E-state index < -0.39 is 41.4 Å². The Morgan fingerprint density at radius 3 is 2.53 bits per heavy atom. The van der Waals surface area contributed by atoms with Crippen LogP contribution in [0.25, 0.3) is 0 Å². The normalized spacial score (nSPS) is 17.8. The highest BCUT2D eigenvalue weighted by molar-refractivity contribution is 6.14. The summed E-state index contributed by atoms with van der Waals surface area (Å²) in [6.45, 7) is 3.72. The number of carbonyl (C=O) groups excluding carboxylic acids is 3. The van der Waals surface area contributed by atoms with Crippen molar-refractivity contribution in [2.24, 2.45) is 11.7 Å². The lowest BCUT2D eigenvalue weighted by atomic mass is 9.85. The summed E-state index contributed by atoms with van der Waals surface area (Å²) in [5, 5.41) is 13.5. The highest BCUT2D eigenvalue weighted by atomic mass is 16.5. The highest BCUT2D eigenvalue weighted by Gasteiger charge is 2.59. The standard InChI is InChI=1S/C25H33N5O6/c1-16(2)12-25(23(33)34,24(35)36-14-17-7-4-3-5-8-17)30(22(32)20-9-6-10-28-20)21(31)19(26)11-18-13-27-15-29-18/h3-5,7-8,13,15-16,19-20,28H,6,9-12,14,26H2,1-2H3,(H,27,29)(H,33,34). The van der Waals surface area contributed by atoms with Crippen LogP contribution in [0.15, 0.2) is 42.9 Å². The van der Waals surface area contributed by atoms with Crippen LogP contribution in [0.2, 0.25) is 0 Å². The molecule has 3 atom stereocenters. The molecule has 0 spiro atoms. The Morgan fingerprint density at radius 1 is 1.25 bits per heavy atom. The predicted octanol–water partition coefficient (Wildman–Crippen LogP) is 1.000. The van der Waals surface area contributed by atoms with E-state index in [1.165, 1.54) is 12.5 Å². The molecular weight excluding hydrogens is 466 g/mol. The molecule has 3 unspecified atom stereocenters.